The van der Waals surface area contributed by atoms with Crippen LogP contribution in [0.25, 0.3) is 0 Å². The number of carbonyl (C=O) groups excluding carboxylic acids is 1. The summed E-state index contributed by atoms with van der Waals surface area (Å²) in [6, 6.07) is 5.16. The summed E-state index contributed by atoms with van der Waals surface area (Å²) in [5.41, 5.74) is -0.988. The van der Waals surface area contributed by atoms with Crippen molar-refractivity contribution >= 4 is 5.78 Å². The predicted octanol–water partition coefficient (Wildman–Crippen LogP) is 3.35. The van der Waals surface area contributed by atoms with Crippen LogP contribution in [0.5, 0.6) is 11.5 Å². The zero-order valence-electron chi connectivity index (χ0n) is 11.2. The fourth-order valence-electron chi connectivity index (χ4n) is 1.85. The number of hydrogen-bond donors (Lipinski definition) is 0. The van der Waals surface area contributed by atoms with E-state index in [0.717, 1.165) is 24.3 Å². The van der Waals surface area contributed by atoms with Crippen molar-refractivity contribution in [3.63, 3.8) is 0 Å². The van der Waals surface area contributed by atoms with Crippen molar-refractivity contribution < 1.29 is 27.4 Å². The van der Waals surface area contributed by atoms with Gasteiger partial charge in [0, 0.05) is 6.07 Å². The molecule has 3 nitrogen and oxygen atoms in total. The monoisotopic (exact) mass is 296 g/mol. The van der Waals surface area contributed by atoms with Gasteiger partial charge in [0.1, 0.15) is 5.82 Å². The molecule has 0 aliphatic rings. The van der Waals surface area contributed by atoms with Crippen LogP contribution >= 0.6 is 0 Å². The average Bonchev–Trinajstić information content (AvgIpc) is 2.49. The molecule has 0 bridgehead atoms. The smallest absolute Gasteiger partial charge is 0.199 e. The fraction of sp³-hybridized carbons (Fsp3) is 0.133. The van der Waals surface area contributed by atoms with Gasteiger partial charge in [-0.3, -0.25) is 4.79 Å². The Kier molecular flexibility index (Phi) is 4.16. The average molecular weight is 296 g/mol. The Labute approximate surface area is 118 Å². The van der Waals surface area contributed by atoms with Gasteiger partial charge < -0.3 is 9.47 Å². The second kappa shape index (κ2) is 5.87. The van der Waals surface area contributed by atoms with E-state index in [-0.39, 0.29) is 11.5 Å². The van der Waals surface area contributed by atoms with Crippen LogP contribution < -0.4 is 9.47 Å². The third-order valence-electron chi connectivity index (χ3n) is 2.91. The quantitative estimate of drug-likeness (QED) is 0.812. The van der Waals surface area contributed by atoms with Crippen molar-refractivity contribution in [1.29, 1.82) is 0 Å². The third kappa shape index (κ3) is 2.69. The van der Waals surface area contributed by atoms with Gasteiger partial charge in [0.25, 0.3) is 0 Å². The minimum absolute atomic E-state index is 0.0891. The molecule has 0 heterocycles. The Bertz CT molecular complexity index is 699. The van der Waals surface area contributed by atoms with Crippen LogP contribution in [0.1, 0.15) is 15.9 Å². The molecule has 6 heteroatoms. The second-order valence-electron chi connectivity index (χ2n) is 4.12. The number of halogens is 3. The van der Waals surface area contributed by atoms with E-state index in [1.807, 2.05) is 0 Å². The highest BCUT2D eigenvalue weighted by Crippen LogP contribution is 2.31. The van der Waals surface area contributed by atoms with Crippen LogP contribution in [0.2, 0.25) is 0 Å². The normalized spacial score (nSPS) is 10.3. The Morgan fingerprint density at radius 2 is 1.52 bits per heavy atom. The maximum atomic E-state index is 13.9. The van der Waals surface area contributed by atoms with Crippen LogP contribution in [0, 0.1) is 17.5 Å². The Morgan fingerprint density at radius 1 is 0.905 bits per heavy atom. The van der Waals surface area contributed by atoms with Gasteiger partial charge in [0.2, 0.25) is 0 Å². The standard InChI is InChI=1S/C15H11F3O3/c1-20-12-6-9(11(17)7-13(12)21-2)15(19)8-4-3-5-10(16)14(8)18/h3-7H,1-2H3. The molecule has 0 spiro atoms. The molecule has 0 unspecified atom stereocenters. The molecule has 110 valence electrons. The van der Waals surface area contributed by atoms with Crippen LogP contribution in [-0.2, 0) is 0 Å². The molecule has 0 aliphatic heterocycles. The molecule has 0 saturated heterocycles. The number of ketones is 1. The predicted molar refractivity (Wildman–Crippen MR) is 69.3 cm³/mol. The van der Waals surface area contributed by atoms with Gasteiger partial charge in [0.05, 0.1) is 25.3 Å². The molecular weight excluding hydrogens is 285 g/mol. The van der Waals surface area contributed by atoms with E-state index >= 15 is 0 Å². The third-order valence-corrected chi connectivity index (χ3v) is 2.91. The van der Waals surface area contributed by atoms with Gasteiger partial charge >= 0.3 is 0 Å². The van der Waals surface area contributed by atoms with E-state index in [1.54, 1.807) is 0 Å². The second-order valence-corrected chi connectivity index (χ2v) is 4.12. The molecule has 2 rings (SSSR count). The highest BCUT2D eigenvalue weighted by Gasteiger charge is 2.22. The van der Waals surface area contributed by atoms with Crippen molar-refractivity contribution in [3.05, 3.63) is 58.9 Å². The Hall–Kier alpha value is -2.50. The van der Waals surface area contributed by atoms with Gasteiger partial charge in [-0.15, -0.1) is 0 Å². The first-order chi connectivity index (χ1) is 9.99. The van der Waals surface area contributed by atoms with Crippen LogP contribution in [0.15, 0.2) is 30.3 Å². The van der Waals surface area contributed by atoms with Gasteiger partial charge in [-0.2, -0.15) is 0 Å². The van der Waals surface area contributed by atoms with Crippen molar-refractivity contribution in [1.82, 2.24) is 0 Å². The number of benzene rings is 2. The van der Waals surface area contributed by atoms with E-state index < -0.39 is 34.4 Å². The lowest BCUT2D eigenvalue weighted by Gasteiger charge is -2.10. The number of carbonyl (C=O) groups is 1. The maximum Gasteiger partial charge on any atom is 0.199 e. The first-order valence-corrected chi connectivity index (χ1v) is 5.89. The van der Waals surface area contributed by atoms with E-state index in [2.05, 4.69) is 0 Å². The molecule has 0 aliphatic carbocycles. The van der Waals surface area contributed by atoms with Gasteiger partial charge in [-0.25, -0.2) is 13.2 Å². The minimum Gasteiger partial charge on any atom is -0.493 e. The molecule has 21 heavy (non-hydrogen) atoms. The lowest BCUT2D eigenvalue weighted by atomic mass is 10.0. The molecule has 0 N–H and O–H groups in total. The summed E-state index contributed by atoms with van der Waals surface area (Å²) in [5.74, 6) is -4.20. The SMILES string of the molecule is COc1cc(F)c(C(=O)c2cccc(F)c2F)cc1OC. The van der Waals surface area contributed by atoms with Crippen molar-refractivity contribution in [2.45, 2.75) is 0 Å². The lowest BCUT2D eigenvalue weighted by Crippen LogP contribution is -2.09. The van der Waals surface area contributed by atoms with Crippen molar-refractivity contribution in [3.8, 4) is 11.5 Å². The minimum atomic E-state index is -1.32. The molecule has 2 aromatic carbocycles. The summed E-state index contributed by atoms with van der Waals surface area (Å²) in [4.78, 5) is 12.2. The molecule has 0 radical (unpaired) electrons. The zero-order valence-corrected chi connectivity index (χ0v) is 11.2. The van der Waals surface area contributed by atoms with Crippen molar-refractivity contribution in [2.75, 3.05) is 14.2 Å². The largest absolute Gasteiger partial charge is 0.493 e. The van der Waals surface area contributed by atoms with Crippen LogP contribution in [-0.4, -0.2) is 20.0 Å². The summed E-state index contributed by atoms with van der Waals surface area (Å²) in [6.07, 6.45) is 0. The molecule has 0 atom stereocenters. The van der Waals surface area contributed by atoms with Crippen molar-refractivity contribution in [2.24, 2.45) is 0 Å². The van der Waals surface area contributed by atoms with Crippen LogP contribution in [0.4, 0.5) is 13.2 Å². The highest BCUT2D eigenvalue weighted by molar-refractivity contribution is 6.09. The number of ether oxygens (including phenoxy) is 2. The highest BCUT2D eigenvalue weighted by atomic mass is 19.2. The fourth-order valence-corrected chi connectivity index (χ4v) is 1.85. The summed E-state index contributed by atoms with van der Waals surface area (Å²) in [7, 11) is 2.62. The van der Waals surface area contributed by atoms with Gasteiger partial charge in [-0.1, -0.05) is 6.07 Å². The molecule has 0 fully saturated rings. The first kappa shape index (κ1) is 14.9. The summed E-state index contributed by atoms with van der Waals surface area (Å²) >= 11 is 0. The summed E-state index contributed by atoms with van der Waals surface area (Å²) in [6.45, 7) is 0. The van der Waals surface area contributed by atoms with Gasteiger partial charge in [-0.05, 0) is 18.2 Å². The topological polar surface area (TPSA) is 35.5 Å². The summed E-state index contributed by atoms with van der Waals surface area (Å²) in [5, 5.41) is 0. The van der Waals surface area contributed by atoms with Gasteiger partial charge in [0.15, 0.2) is 28.9 Å². The Morgan fingerprint density at radius 3 is 2.14 bits per heavy atom. The number of rotatable bonds is 4. The molecule has 0 amide bonds. The summed E-state index contributed by atoms with van der Waals surface area (Å²) < 4.78 is 50.6. The van der Waals surface area contributed by atoms with E-state index in [4.69, 9.17) is 9.47 Å². The molecule has 0 saturated carbocycles. The zero-order chi connectivity index (χ0) is 15.6. The van der Waals surface area contributed by atoms with Crippen LogP contribution in [0.3, 0.4) is 0 Å². The first-order valence-electron chi connectivity index (χ1n) is 5.89. The molecular formula is C15H11F3O3. The molecule has 0 aromatic heterocycles. The van der Waals surface area contributed by atoms with E-state index in [1.165, 1.54) is 20.3 Å². The van der Waals surface area contributed by atoms with E-state index in [9.17, 15) is 18.0 Å². The maximum absolute atomic E-state index is 13.9. The number of methoxy groups -OCH3 is 2. The number of hydrogen-bond acceptors (Lipinski definition) is 3. The Balaban J connectivity index is 2.56. The lowest BCUT2D eigenvalue weighted by molar-refractivity contribution is 0.103. The molecule has 2 aromatic rings. The van der Waals surface area contributed by atoms with E-state index in [0.29, 0.717) is 0 Å².